The lowest BCUT2D eigenvalue weighted by Gasteiger charge is -2.41. The minimum Gasteiger partial charge on any atom is -0.366 e. The fourth-order valence-electron chi connectivity index (χ4n) is 4.05. The Bertz CT molecular complexity index is 762. The summed E-state index contributed by atoms with van der Waals surface area (Å²) in [5.74, 6) is 1.74. The molecule has 1 saturated carbocycles. The predicted molar refractivity (Wildman–Crippen MR) is 104 cm³/mol. The first-order valence-electron chi connectivity index (χ1n) is 9.80. The Labute approximate surface area is 156 Å². The second kappa shape index (κ2) is 7.00. The quantitative estimate of drug-likeness (QED) is 0.733. The zero-order chi connectivity index (χ0) is 18.3. The van der Waals surface area contributed by atoms with E-state index < -0.39 is 10.1 Å². The molecule has 6 nitrogen and oxygen atoms in total. The molecule has 1 aliphatic carbocycles. The van der Waals surface area contributed by atoms with Crippen LogP contribution in [0.4, 0.5) is 11.5 Å². The second-order valence-electron chi connectivity index (χ2n) is 8.02. The van der Waals surface area contributed by atoms with Gasteiger partial charge in [-0.05, 0) is 38.7 Å². The van der Waals surface area contributed by atoms with Crippen molar-refractivity contribution in [1.82, 2.24) is 4.98 Å². The van der Waals surface area contributed by atoms with Crippen LogP contribution in [0.5, 0.6) is 0 Å². The van der Waals surface area contributed by atoms with E-state index in [9.17, 15) is 8.42 Å². The highest BCUT2D eigenvalue weighted by Crippen LogP contribution is 2.43. The molecule has 0 atom stereocenters. The Morgan fingerprint density at radius 1 is 1.08 bits per heavy atom. The van der Waals surface area contributed by atoms with Gasteiger partial charge in [0.1, 0.15) is 11.9 Å². The molecular formula is C19H29N3O3S. The third-order valence-corrected chi connectivity index (χ3v) is 6.26. The minimum atomic E-state index is -3.39. The largest absolute Gasteiger partial charge is 0.366 e. The van der Waals surface area contributed by atoms with E-state index in [0.717, 1.165) is 25.2 Å². The van der Waals surface area contributed by atoms with E-state index in [1.807, 2.05) is 0 Å². The van der Waals surface area contributed by atoms with Crippen LogP contribution in [0.3, 0.4) is 0 Å². The maximum Gasteiger partial charge on any atom is 0.264 e. The third-order valence-electron chi connectivity index (χ3n) is 5.64. The van der Waals surface area contributed by atoms with Crippen LogP contribution in [-0.4, -0.2) is 51.9 Å². The summed E-state index contributed by atoms with van der Waals surface area (Å²) in [6, 6.07) is 2.23. The van der Waals surface area contributed by atoms with Crippen LogP contribution in [0.2, 0.25) is 0 Å². The van der Waals surface area contributed by atoms with Crippen molar-refractivity contribution in [2.24, 2.45) is 0 Å². The molecule has 0 unspecified atom stereocenters. The van der Waals surface area contributed by atoms with Crippen LogP contribution in [0.25, 0.3) is 0 Å². The first-order valence-corrected chi connectivity index (χ1v) is 11.6. The summed E-state index contributed by atoms with van der Waals surface area (Å²) >= 11 is 0. The van der Waals surface area contributed by atoms with Gasteiger partial charge in [0.15, 0.2) is 0 Å². The average Bonchev–Trinajstić information content (AvgIpc) is 3.37. The van der Waals surface area contributed by atoms with Crippen LogP contribution in [0.1, 0.15) is 55.7 Å². The van der Waals surface area contributed by atoms with Gasteiger partial charge < -0.3 is 9.80 Å². The highest BCUT2D eigenvalue weighted by atomic mass is 32.2. The zero-order valence-electron chi connectivity index (χ0n) is 15.8. The average molecular weight is 380 g/mol. The smallest absolute Gasteiger partial charge is 0.264 e. The monoisotopic (exact) mass is 379 g/mol. The number of anilines is 2. The van der Waals surface area contributed by atoms with E-state index in [1.54, 1.807) is 0 Å². The normalized spacial score (nSPS) is 22.2. The van der Waals surface area contributed by atoms with Crippen LogP contribution in [0.15, 0.2) is 6.07 Å². The Morgan fingerprint density at radius 3 is 2.31 bits per heavy atom. The lowest BCUT2D eigenvalue weighted by molar-refractivity contribution is 0.177. The molecular weight excluding hydrogens is 350 g/mol. The summed E-state index contributed by atoms with van der Waals surface area (Å²) < 4.78 is 27.8. The summed E-state index contributed by atoms with van der Waals surface area (Å²) in [4.78, 5) is 9.75. The third kappa shape index (κ3) is 3.98. The van der Waals surface area contributed by atoms with Crippen LogP contribution in [-0.2, 0) is 14.3 Å². The molecule has 1 aromatic heterocycles. The van der Waals surface area contributed by atoms with Gasteiger partial charge in [-0.15, -0.1) is 0 Å². The molecule has 4 rings (SSSR count). The molecule has 1 aromatic rings. The van der Waals surface area contributed by atoms with E-state index >= 15 is 0 Å². The number of nitrogens with zero attached hydrogens (tertiary/aromatic N) is 3. The molecule has 0 radical (unpaired) electrons. The molecule has 3 fully saturated rings. The van der Waals surface area contributed by atoms with Crippen LogP contribution in [0, 0.1) is 6.92 Å². The molecule has 3 heterocycles. The molecule has 26 heavy (non-hydrogen) atoms. The fourth-order valence-corrected chi connectivity index (χ4v) is 4.67. The van der Waals surface area contributed by atoms with Crippen molar-refractivity contribution >= 4 is 21.6 Å². The van der Waals surface area contributed by atoms with Gasteiger partial charge in [0.25, 0.3) is 10.1 Å². The Balaban J connectivity index is 1.58. The van der Waals surface area contributed by atoms with Gasteiger partial charge in [-0.25, -0.2) is 4.98 Å². The Kier molecular flexibility index (Phi) is 4.86. The molecule has 0 bridgehead atoms. The lowest BCUT2D eigenvalue weighted by atomic mass is 10.1. The van der Waals surface area contributed by atoms with Gasteiger partial charge in [-0.3, -0.25) is 4.18 Å². The van der Waals surface area contributed by atoms with Crippen molar-refractivity contribution in [3.63, 3.8) is 0 Å². The van der Waals surface area contributed by atoms with Crippen molar-refractivity contribution in [2.45, 2.75) is 57.5 Å². The van der Waals surface area contributed by atoms with Gasteiger partial charge in [0.2, 0.25) is 0 Å². The first kappa shape index (κ1) is 18.0. The number of rotatable bonds is 5. The standard InChI is InChI=1S/C19H29N3O3S/c1-14-18(22-12-16(13-22)25-26(2,23)24)11-17(15-7-8-15)20-19(14)21-9-5-3-4-6-10-21/h11,15-16H,3-10,12-13H2,1-2H3. The number of pyridine rings is 1. The first-order chi connectivity index (χ1) is 12.4. The number of hydrogen-bond acceptors (Lipinski definition) is 6. The molecule has 7 heteroatoms. The molecule has 3 aliphatic rings. The van der Waals surface area contributed by atoms with E-state index in [4.69, 9.17) is 9.17 Å². The van der Waals surface area contributed by atoms with Crippen LogP contribution < -0.4 is 9.80 Å². The summed E-state index contributed by atoms with van der Waals surface area (Å²) in [5.41, 5.74) is 3.63. The summed E-state index contributed by atoms with van der Waals surface area (Å²) in [7, 11) is -3.39. The van der Waals surface area contributed by atoms with Gasteiger partial charge in [-0.2, -0.15) is 8.42 Å². The van der Waals surface area contributed by atoms with E-state index in [0.29, 0.717) is 19.0 Å². The highest BCUT2D eigenvalue weighted by Gasteiger charge is 2.34. The van der Waals surface area contributed by atoms with Gasteiger partial charge in [-0.1, -0.05) is 12.8 Å². The fraction of sp³-hybridized carbons (Fsp3) is 0.737. The predicted octanol–water partition coefficient (Wildman–Crippen LogP) is 2.81. The lowest BCUT2D eigenvalue weighted by Crippen LogP contribution is -2.53. The van der Waals surface area contributed by atoms with Crippen molar-refractivity contribution in [1.29, 1.82) is 0 Å². The van der Waals surface area contributed by atoms with Crippen LogP contribution >= 0.6 is 0 Å². The maximum absolute atomic E-state index is 11.3. The van der Waals surface area contributed by atoms with Crippen molar-refractivity contribution in [2.75, 3.05) is 42.2 Å². The van der Waals surface area contributed by atoms with Crippen molar-refractivity contribution in [3.8, 4) is 0 Å². The Hall–Kier alpha value is -1.34. The molecule has 0 N–H and O–H groups in total. The highest BCUT2D eigenvalue weighted by molar-refractivity contribution is 7.86. The molecule has 2 aliphatic heterocycles. The van der Waals surface area contributed by atoms with Gasteiger partial charge in [0, 0.05) is 49.0 Å². The summed E-state index contributed by atoms with van der Waals surface area (Å²) in [5, 5.41) is 0. The zero-order valence-corrected chi connectivity index (χ0v) is 16.6. The molecule has 144 valence electrons. The topological polar surface area (TPSA) is 62.7 Å². The minimum absolute atomic E-state index is 0.233. The maximum atomic E-state index is 11.3. The van der Waals surface area contributed by atoms with Crippen molar-refractivity contribution < 1.29 is 12.6 Å². The molecule has 0 aromatic carbocycles. The molecule has 2 saturated heterocycles. The molecule has 0 amide bonds. The van der Waals surface area contributed by atoms with E-state index in [-0.39, 0.29) is 6.10 Å². The number of hydrogen-bond donors (Lipinski definition) is 0. The summed E-state index contributed by atoms with van der Waals surface area (Å²) in [6.07, 6.45) is 8.43. The van der Waals surface area contributed by atoms with Gasteiger partial charge >= 0.3 is 0 Å². The van der Waals surface area contributed by atoms with E-state index in [2.05, 4.69) is 22.8 Å². The van der Waals surface area contributed by atoms with Gasteiger partial charge in [0.05, 0.1) is 6.26 Å². The second-order valence-corrected chi connectivity index (χ2v) is 9.62. The Morgan fingerprint density at radius 2 is 1.73 bits per heavy atom. The van der Waals surface area contributed by atoms with E-state index in [1.165, 1.54) is 55.5 Å². The summed E-state index contributed by atoms with van der Waals surface area (Å²) in [6.45, 7) is 5.58. The SMILES string of the molecule is Cc1c(N2CC(OS(C)(=O)=O)C2)cc(C2CC2)nc1N1CCCCCC1. The number of aromatic nitrogens is 1. The van der Waals surface area contributed by atoms with Crippen molar-refractivity contribution in [3.05, 3.63) is 17.3 Å². The molecule has 0 spiro atoms.